The molecule has 1 amide bonds. The lowest BCUT2D eigenvalue weighted by atomic mass is 10.1. The van der Waals surface area contributed by atoms with Crippen molar-refractivity contribution >= 4 is 16.9 Å². The van der Waals surface area contributed by atoms with Crippen LogP contribution < -0.4 is 5.73 Å². The van der Waals surface area contributed by atoms with E-state index in [0.29, 0.717) is 0 Å². The highest BCUT2D eigenvalue weighted by atomic mass is 16.1. The van der Waals surface area contributed by atoms with Gasteiger partial charge < -0.3 is 5.73 Å². The molecule has 0 saturated carbocycles. The van der Waals surface area contributed by atoms with Crippen LogP contribution in [0.3, 0.4) is 0 Å². The second-order valence-electron chi connectivity index (χ2n) is 3.76. The van der Waals surface area contributed by atoms with E-state index in [9.17, 15) is 4.79 Å². The van der Waals surface area contributed by atoms with E-state index in [1.165, 1.54) is 0 Å². The van der Waals surface area contributed by atoms with Gasteiger partial charge in [-0.1, -0.05) is 13.0 Å². The maximum atomic E-state index is 10.8. The number of benzene rings is 1. The molecule has 0 radical (unpaired) electrons. The first-order chi connectivity index (χ1) is 7.69. The fraction of sp³-hybridized carbons (Fsp3) is 0.364. The molecule has 0 unspecified atom stereocenters. The van der Waals surface area contributed by atoms with E-state index >= 15 is 0 Å². The minimum atomic E-state index is -0.333. The summed E-state index contributed by atoms with van der Waals surface area (Å²) < 4.78 is 0. The number of hydrogen-bond donors (Lipinski definition) is 1. The molecule has 84 valence electrons. The Balaban J connectivity index is 2.33. The van der Waals surface area contributed by atoms with Crippen molar-refractivity contribution < 1.29 is 4.79 Å². The molecule has 0 aliphatic rings. The first-order valence-electron chi connectivity index (χ1n) is 5.31. The lowest BCUT2D eigenvalue weighted by molar-refractivity contribution is -0.117. The number of nitrogens with two attached hydrogens (primary N) is 1. The molecule has 2 aromatic rings. The lowest BCUT2D eigenvalue weighted by Gasteiger charge is -1.95. The van der Waals surface area contributed by atoms with E-state index in [0.717, 1.165) is 29.6 Å². The third kappa shape index (κ3) is 2.18. The van der Waals surface area contributed by atoms with Gasteiger partial charge in [-0.2, -0.15) is 15.0 Å². The van der Waals surface area contributed by atoms with Gasteiger partial charge in [-0.25, -0.2) is 0 Å². The Morgan fingerprint density at radius 2 is 2.12 bits per heavy atom. The van der Waals surface area contributed by atoms with Gasteiger partial charge in [0.1, 0.15) is 11.0 Å². The summed E-state index contributed by atoms with van der Waals surface area (Å²) in [5, 5.41) is 8.64. The maximum Gasteiger partial charge on any atom is 0.221 e. The zero-order valence-corrected chi connectivity index (χ0v) is 9.18. The van der Waals surface area contributed by atoms with Crippen LogP contribution in [-0.2, 0) is 17.8 Å². The number of amides is 1. The Labute approximate surface area is 93.2 Å². The summed E-state index contributed by atoms with van der Waals surface area (Å²) in [4.78, 5) is 12.5. The highest BCUT2D eigenvalue weighted by molar-refractivity contribution is 5.80. The highest BCUT2D eigenvalue weighted by Gasteiger charge is 2.04. The summed E-state index contributed by atoms with van der Waals surface area (Å²) in [5.74, 6) is -0.333. The number of aromatic nitrogens is 3. The van der Waals surface area contributed by atoms with Gasteiger partial charge in [0, 0.05) is 0 Å². The monoisotopic (exact) mass is 218 g/mol. The van der Waals surface area contributed by atoms with Crippen LogP contribution in [0.15, 0.2) is 18.2 Å². The van der Waals surface area contributed by atoms with Crippen molar-refractivity contribution in [3.05, 3.63) is 23.8 Å². The van der Waals surface area contributed by atoms with Gasteiger partial charge in [0.25, 0.3) is 0 Å². The molecule has 0 aliphatic carbocycles. The number of carbonyl (C=O) groups is 1. The molecule has 1 heterocycles. The molecule has 2 rings (SSSR count). The van der Waals surface area contributed by atoms with Gasteiger partial charge in [-0.05, 0) is 24.1 Å². The van der Waals surface area contributed by atoms with Crippen molar-refractivity contribution in [2.75, 3.05) is 0 Å². The van der Waals surface area contributed by atoms with Crippen molar-refractivity contribution in [1.29, 1.82) is 0 Å². The van der Waals surface area contributed by atoms with Crippen LogP contribution in [0.1, 0.15) is 18.9 Å². The van der Waals surface area contributed by atoms with Gasteiger partial charge in [-0.3, -0.25) is 4.79 Å². The van der Waals surface area contributed by atoms with E-state index < -0.39 is 0 Å². The second-order valence-corrected chi connectivity index (χ2v) is 3.76. The van der Waals surface area contributed by atoms with Gasteiger partial charge in [0.15, 0.2) is 0 Å². The molecular formula is C11H14N4O. The van der Waals surface area contributed by atoms with Gasteiger partial charge in [0.2, 0.25) is 5.91 Å². The normalized spacial score (nSPS) is 10.8. The van der Waals surface area contributed by atoms with Crippen molar-refractivity contribution in [2.24, 2.45) is 5.73 Å². The topological polar surface area (TPSA) is 73.8 Å². The summed E-state index contributed by atoms with van der Waals surface area (Å²) in [5.41, 5.74) is 7.68. The molecule has 0 saturated heterocycles. The SMILES string of the molecule is CCCn1nc2ccc(CC(N)=O)cc2n1. The Kier molecular flexibility index (Phi) is 2.85. The van der Waals surface area contributed by atoms with Gasteiger partial charge in [-0.15, -0.1) is 0 Å². The summed E-state index contributed by atoms with van der Waals surface area (Å²) in [6, 6.07) is 5.59. The number of aryl methyl sites for hydroxylation is 1. The summed E-state index contributed by atoms with van der Waals surface area (Å²) in [7, 11) is 0. The smallest absolute Gasteiger partial charge is 0.221 e. The number of fused-ring (bicyclic) bond motifs is 1. The largest absolute Gasteiger partial charge is 0.369 e. The van der Waals surface area contributed by atoms with E-state index in [2.05, 4.69) is 17.1 Å². The Bertz CT molecular complexity index is 518. The fourth-order valence-electron chi connectivity index (χ4n) is 1.62. The van der Waals surface area contributed by atoms with Crippen LogP contribution in [0, 0.1) is 0 Å². The predicted molar refractivity (Wildman–Crippen MR) is 60.7 cm³/mol. The van der Waals surface area contributed by atoms with E-state index in [1.54, 1.807) is 4.80 Å². The van der Waals surface area contributed by atoms with Crippen LogP contribution in [0.25, 0.3) is 11.0 Å². The first kappa shape index (κ1) is 10.6. The van der Waals surface area contributed by atoms with Crippen molar-refractivity contribution in [3.63, 3.8) is 0 Å². The number of nitrogens with zero attached hydrogens (tertiary/aromatic N) is 3. The predicted octanol–water partition coefficient (Wildman–Crippen LogP) is 0.869. The third-order valence-corrected chi connectivity index (χ3v) is 2.29. The highest BCUT2D eigenvalue weighted by Crippen LogP contribution is 2.12. The average Bonchev–Trinajstić information content (AvgIpc) is 2.59. The molecule has 0 aliphatic heterocycles. The molecule has 16 heavy (non-hydrogen) atoms. The molecule has 5 nitrogen and oxygen atoms in total. The van der Waals surface area contributed by atoms with Crippen molar-refractivity contribution in [2.45, 2.75) is 26.3 Å². The van der Waals surface area contributed by atoms with E-state index in [-0.39, 0.29) is 12.3 Å². The van der Waals surface area contributed by atoms with Crippen LogP contribution in [0.4, 0.5) is 0 Å². The van der Waals surface area contributed by atoms with Gasteiger partial charge in [0.05, 0.1) is 13.0 Å². The Hall–Kier alpha value is -1.91. The summed E-state index contributed by atoms with van der Waals surface area (Å²) in [6.07, 6.45) is 1.24. The zero-order chi connectivity index (χ0) is 11.5. The van der Waals surface area contributed by atoms with Crippen LogP contribution >= 0.6 is 0 Å². The van der Waals surface area contributed by atoms with Crippen LogP contribution in [-0.4, -0.2) is 20.9 Å². The third-order valence-electron chi connectivity index (χ3n) is 2.29. The molecule has 0 bridgehead atoms. The Morgan fingerprint density at radius 1 is 1.38 bits per heavy atom. The second kappa shape index (κ2) is 4.30. The van der Waals surface area contributed by atoms with Crippen LogP contribution in [0.2, 0.25) is 0 Å². The quantitative estimate of drug-likeness (QED) is 0.827. The molecule has 0 fully saturated rings. The van der Waals surface area contributed by atoms with Crippen LogP contribution in [0.5, 0.6) is 0 Å². The molecule has 0 atom stereocenters. The first-order valence-corrected chi connectivity index (χ1v) is 5.31. The minimum Gasteiger partial charge on any atom is -0.369 e. The van der Waals surface area contributed by atoms with Gasteiger partial charge >= 0.3 is 0 Å². The summed E-state index contributed by atoms with van der Waals surface area (Å²) in [6.45, 7) is 2.88. The fourth-order valence-corrected chi connectivity index (χ4v) is 1.62. The van der Waals surface area contributed by atoms with E-state index in [4.69, 9.17) is 5.73 Å². The summed E-state index contributed by atoms with van der Waals surface area (Å²) >= 11 is 0. The standard InChI is InChI=1S/C11H14N4O/c1-2-5-15-13-9-4-3-8(7-11(12)16)6-10(9)14-15/h3-4,6H,2,5,7H2,1H3,(H2,12,16). The number of primary amides is 1. The molecule has 5 heteroatoms. The lowest BCUT2D eigenvalue weighted by Crippen LogP contribution is -2.13. The zero-order valence-electron chi connectivity index (χ0n) is 9.18. The minimum absolute atomic E-state index is 0.247. The number of hydrogen-bond acceptors (Lipinski definition) is 3. The maximum absolute atomic E-state index is 10.8. The molecule has 1 aromatic heterocycles. The Morgan fingerprint density at radius 3 is 2.81 bits per heavy atom. The molecule has 1 aromatic carbocycles. The number of carbonyl (C=O) groups excluding carboxylic acids is 1. The molecule has 0 spiro atoms. The van der Waals surface area contributed by atoms with Crippen molar-refractivity contribution in [1.82, 2.24) is 15.0 Å². The number of rotatable bonds is 4. The van der Waals surface area contributed by atoms with Crippen molar-refractivity contribution in [3.8, 4) is 0 Å². The average molecular weight is 218 g/mol. The molecule has 2 N–H and O–H groups in total. The van der Waals surface area contributed by atoms with E-state index in [1.807, 2.05) is 18.2 Å². The molecular weight excluding hydrogens is 204 g/mol.